The quantitative estimate of drug-likeness (QED) is 0.576. The highest BCUT2D eigenvalue weighted by atomic mass is 35.5. The van der Waals surface area contributed by atoms with E-state index in [0.717, 1.165) is 32.5 Å². The van der Waals surface area contributed by atoms with E-state index >= 15 is 0 Å². The van der Waals surface area contributed by atoms with Crippen LogP contribution in [0.2, 0.25) is 5.02 Å². The van der Waals surface area contributed by atoms with Crippen LogP contribution in [0.15, 0.2) is 18.2 Å². The zero-order valence-corrected chi connectivity index (χ0v) is 13.1. The predicted octanol–water partition coefficient (Wildman–Crippen LogP) is 2.23. The number of rotatable bonds is 5. The molecule has 0 spiro atoms. The number of amides is 1. The summed E-state index contributed by atoms with van der Waals surface area (Å²) in [5.41, 5.74) is 3.61. The Kier molecular flexibility index (Phi) is 5.85. The van der Waals surface area contributed by atoms with Gasteiger partial charge in [-0.25, -0.2) is 0 Å². The van der Waals surface area contributed by atoms with Gasteiger partial charge in [0.1, 0.15) is 0 Å². The highest BCUT2D eigenvalue weighted by molar-refractivity contribution is 6.31. The average Bonchev–Trinajstić information content (AvgIpc) is 2.49. The lowest BCUT2D eigenvalue weighted by Crippen LogP contribution is -2.44. The molecule has 0 saturated carbocycles. The highest BCUT2D eigenvalue weighted by Gasteiger charge is 2.21. The predicted molar refractivity (Wildman–Crippen MR) is 86.5 cm³/mol. The minimum Gasteiger partial charge on any atom is -0.349 e. The first-order valence-corrected chi connectivity index (χ1v) is 7.81. The van der Waals surface area contributed by atoms with Crippen molar-refractivity contribution in [2.24, 2.45) is 5.84 Å². The van der Waals surface area contributed by atoms with Gasteiger partial charge in [0, 0.05) is 24.2 Å². The lowest BCUT2D eigenvalue weighted by atomic mass is 10.0. The molecule has 1 aliphatic rings. The number of carbonyl (C=O) groups excluding carboxylic acids is 1. The number of carbonyl (C=O) groups is 1. The largest absolute Gasteiger partial charge is 0.349 e. The van der Waals surface area contributed by atoms with Crippen molar-refractivity contribution in [1.82, 2.24) is 10.2 Å². The van der Waals surface area contributed by atoms with Crippen molar-refractivity contribution in [3.05, 3.63) is 28.8 Å². The molecule has 1 amide bonds. The highest BCUT2D eigenvalue weighted by Crippen LogP contribution is 2.20. The Morgan fingerprint density at radius 2 is 2.14 bits per heavy atom. The fourth-order valence-electron chi connectivity index (χ4n) is 2.71. The number of hydrogen-bond donors (Lipinski definition) is 3. The average molecular weight is 311 g/mol. The molecule has 21 heavy (non-hydrogen) atoms. The zero-order chi connectivity index (χ0) is 15.2. The van der Waals surface area contributed by atoms with Gasteiger partial charge in [-0.05, 0) is 44.0 Å². The SMILES string of the molecule is CCCN1CCC(NC(=O)c2cc(Cl)ccc2NN)CC1. The van der Waals surface area contributed by atoms with Gasteiger partial charge >= 0.3 is 0 Å². The third-order valence-electron chi connectivity index (χ3n) is 3.84. The van der Waals surface area contributed by atoms with Gasteiger partial charge in [0.2, 0.25) is 0 Å². The van der Waals surface area contributed by atoms with E-state index in [1.165, 1.54) is 6.42 Å². The molecular weight excluding hydrogens is 288 g/mol. The Balaban J connectivity index is 1.95. The van der Waals surface area contributed by atoms with Crippen LogP contribution in [0.4, 0.5) is 5.69 Å². The summed E-state index contributed by atoms with van der Waals surface area (Å²) < 4.78 is 0. The van der Waals surface area contributed by atoms with E-state index in [4.69, 9.17) is 17.4 Å². The van der Waals surface area contributed by atoms with Gasteiger partial charge in [0.05, 0.1) is 11.3 Å². The third-order valence-corrected chi connectivity index (χ3v) is 4.08. The Morgan fingerprint density at radius 3 is 2.76 bits per heavy atom. The Morgan fingerprint density at radius 1 is 1.43 bits per heavy atom. The summed E-state index contributed by atoms with van der Waals surface area (Å²) in [5.74, 6) is 5.32. The van der Waals surface area contributed by atoms with Crippen LogP contribution in [0.1, 0.15) is 36.5 Å². The van der Waals surface area contributed by atoms with Gasteiger partial charge in [-0.3, -0.25) is 10.6 Å². The second kappa shape index (κ2) is 7.64. The van der Waals surface area contributed by atoms with Crippen molar-refractivity contribution in [2.45, 2.75) is 32.2 Å². The van der Waals surface area contributed by atoms with E-state index in [0.29, 0.717) is 16.3 Å². The van der Waals surface area contributed by atoms with Gasteiger partial charge in [0.25, 0.3) is 5.91 Å². The molecule has 0 unspecified atom stereocenters. The summed E-state index contributed by atoms with van der Waals surface area (Å²) in [5, 5.41) is 3.60. The number of piperidine rings is 1. The number of hydrazine groups is 1. The van der Waals surface area contributed by atoms with Gasteiger partial charge < -0.3 is 15.6 Å². The maximum atomic E-state index is 12.4. The fourth-order valence-corrected chi connectivity index (χ4v) is 2.88. The lowest BCUT2D eigenvalue weighted by molar-refractivity contribution is 0.0912. The summed E-state index contributed by atoms with van der Waals surface area (Å²) in [6.45, 7) is 5.40. The van der Waals surface area contributed by atoms with Crippen LogP contribution in [0, 0.1) is 0 Å². The fraction of sp³-hybridized carbons (Fsp3) is 0.533. The van der Waals surface area contributed by atoms with Gasteiger partial charge in [-0.2, -0.15) is 0 Å². The number of nitrogens with one attached hydrogen (secondary N) is 2. The van der Waals surface area contributed by atoms with Crippen LogP contribution in [0.5, 0.6) is 0 Å². The minimum absolute atomic E-state index is 0.126. The van der Waals surface area contributed by atoms with Crippen molar-refractivity contribution < 1.29 is 4.79 Å². The second-order valence-electron chi connectivity index (χ2n) is 5.42. The van der Waals surface area contributed by atoms with Crippen molar-refractivity contribution in [3.63, 3.8) is 0 Å². The Hall–Kier alpha value is -1.30. The van der Waals surface area contributed by atoms with Crippen LogP contribution in [-0.4, -0.2) is 36.5 Å². The molecular formula is C15H23ClN4O. The first-order chi connectivity index (χ1) is 10.1. The van der Waals surface area contributed by atoms with Gasteiger partial charge in [-0.1, -0.05) is 18.5 Å². The van der Waals surface area contributed by atoms with Crippen molar-refractivity contribution >= 4 is 23.2 Å². The first-order valence-electron chi connectivity index (χ1n) is 7.43. The number of nitrogens with zero attached hydrogens (tertiary/aromatic N) is 1. The van der Waals surface area contributed by atoms with Crippen molar-refractivity contribution in [3.8, 4) is 0 Å². The molecule has 0 aliphatic carbocycles. The third kappa shape index (κ3) is 4.33. The molecule has 1 saturated heterocycles. The Bertz CT molecular complexity index is 487. The van der Waals surface area contributed by atoms with Crippen LogP contribution in [0.25, 0.3) is 0 Å². The number of nitrogen functional groups attached to an aromatic ring is 1. The van der Waals surface area contributed by atoms with Crippen LogP contribution < -0.4 is 16.6 Å². The Labute approximate surface area is 130 Å². The summed E-state index contributed by atoms with van der Waals surface area (Å²) >= 11 is 5.96. The maximum Gasteiger partial charge on any atom is 0.253 e. The topological polar surface area (TPSA) is 70.4 Å². The number of anilines is 1. The second-order valence-corrected chi connectivity index (χ2v) is 5.86. The summed E-state index contributed by atoms with van der Waals surface area (Å²) in [6.07, 6.45) is 3.14. The molecule has 1 aromatic rings. The summed E-state index contributed by atoms with van der Waals surface area (Å²) in [4.78, 5) is 14.8. The molecule has 6 heteroatoms. The molecule has 0 radical (unpaired) electrons. The summed E-state index contributed by atoms with van der Waals surface area (Å²) in [6, 6.07) is 5.27. The monoisotopic (exact) mass is 310 g/mol. The van der Waals surface area contributed by atoms with Crippen molar-refractivity contribution in [1.29, 1.82) is 0 Å². The van der Waals surface area contributed by atoms with E-state index in [-0.39, 0.29) is 11.9 Å². The summed E-state index contributed by atoms with van der Waals surface area (Å²) in [7, 11) is 0. The molecule has 1 aromatic carbocycles. The lowest BCUT2D eigenvalue weighted by Gasteiger charge is -2.32. The normalized spacial score (nSPS) is 16.7. The molecule has 0 bridgehead atoms. The zero-order valence-electron chi connectivity index (χ0n) is 12.4. The van der Waals surface area contributed by atoms with Crippen LogP contribution in [0.3, 0.4) is 0 Å². The molecule has 1 heterocycles. The number of nitrogens with two attached hydrogens (primary N) is 1. The van der Waals surface area contributed by atoms with E-state index in [2.05, 4.69) is 22.6 Å². The molecule has 2 rings (SSSR count). The molecule has 0 aromatic heterocycles. The van der Waals surface area contributed by atoms with Gasteiger partial charge in [-0.15, -0.1) is 0 Å². The van der Waals surface area contributed by atoms with E-state index in [1.54, 1.807) is 18.2 Å². The standard InChI is InChI=1S/C15H23ClN4O/c1-2-7-20-8-5-12(6-9-20)18-15(21)13-10-11(16)3-4-14(13)19-17/h3-4,10,12,19H,2,5-9,17H2,1H3,(H,18,21). The number of hydrogen-bond acceptors (Lipinski definition) is 4. The maximum absolute atomic E-state index is 12.4. The molecule has 1 aliphatic heterocycles. The van der Waals surface area contributed by atoms with Gasteiger partial charge in [0.15, 0.2) is 0 Å². The molecule has 116 valence electrons. The molecule has 0 atom stereocenters. The van der Waals surface area contributed by atoms with Crippen LogP contribution >= 0.6 is 11.6 Å². The smallest absolute Gasteiger partial charge is 0.253 e. The number of likely N-dealkylation sites (tertiary alicyclic amines) is 1. The van der Waals surface area contributed by atoms with E-state index in [9.17, 15) is 4.79 Å². The molecule has 5 nitrogen and oxygen atoms in total. The first kappa shape index (κ1) is 16.1. The van der Waals surface area contributed by atoms with E-state index < -0.39 is 0 Å². The number of halogens is 1. The van der Waals surface area contributed by atoms with Crippen molar-refractivity contribution in [2.75, 3.05) is 25.1 Å². The number of benzene rings is 1. The molecule has 4 N–H and O–H groups in total. The van der Waals surface area contributed by atoms with E-state index in [1.807, 2.05) is 0 Å². The van der Waals surface area contributed by atoms with Crippen LogP contribution in [-0.2, 0) is 0 Å². The molecule has 1 fully saturated rings. The minimum atomic E-state index is -0.126.